The van der Waals surface area contributed by atoms with Crippen LogP contribution in [0.2, 0.25) is 0 Å². The first kappa shape index (κ1) is 24.8. The zero-order valence-electron chi connectivity index (χ0n) is 18.4. The molecule has 2 saturated heterocycles. The summed E-state index contributed by atoms with van der Waals surface area (Å²) in [6.45, 7) is 3.91. The SMILES string of the molecule is COc1ccc(C)cc1N(C(=O)O)C1CC2CCCC(C1)N2CCCCCCN.Cl. The van der Waals surface area contributed by atoms with Crippen LogP contribution >= 0.6 is 12.4 Å². The van der Waals surface area contributed by atoms with Crippen molar-refractivity contribution < 1.29 is 14.6 Å². The van der Waals surface area contributed by atoms with Crippen LogP contribution in [0.3, 0.4) is 0 Å². The minimum absolute atomic E-state index is 0. The van der Waals surface area contributed by atoms with E-state index in [1.54, 1.807) is 12.0 Å². The Morgan fingerprint density at radius 3 is 2.47 bits per heavy atom. The second-order valence-corrected chi connectivity index (χ2v) is 8.63. The number of fused-ring (bicyclic) bond motifs is 2. The van der Waals surface area contributed by atoms with E-state index >= 15 is 0 Å². The number of anilines is 1. The van der Waals surface area contributed by atoms with Gasteiger partial charge in [0, 0.05) is 18.1 Å². The molecule has 3 N–H and O–H groups in total. The molecule has 0 radical (unpaired) electrons. The highest BCUT2D eigenvalue weighted by molar-refractivity contribution is 5.89. The van der Waals surface area contributed by atoms with Crippen molar-refractivity contribution in [2.24, 2.45) is 5.73 Å². The minimum atomic E-state index is -0.882. The highest BCUT2D eigenvalue weighted by Crippen LogP contribution is 2.40. The van der Waals surface area contributed by atoms with E-state index in [1.807, 2.05) is 25.1 Å². The first-order valence-corrected chi connectivity index (χ1v) is 11.2. The van der Waals surface area contributed by atoms with Gasteiger partial charge in [0.05, 0.1) is 12.8 Å². The number of carbonyl (C=O) groups is 1. The number of amides is 1. The predicted octanol–water partition coefficient (Wildman–Crippen LogP) is 4.81. The first-order valence-electron chi connectivity index (χ1n) is 11.2. The molecule has 2 fully saturated rings. The molecule has 2 unspecified atom stereocenters. The fourth-order valence-corrected chi connectivity index (χ4v) is 5.26. The van der Waals surface area contributed by atoms with E-state index in [2.05, 4.69) is 4.90 Å². The topological polar surface area (TPSA) is 79.0 Å². The van der Waals surface area contributed by atoms with Crippen LogP contribution in [-0.2, 0) is 0 Å². The molecule has 3 rings (SSSR count). The number of benzene rings is 1. The van der Waals surface area contributed by atoms with Gasteiger partial charge in [-0.3, -0.25) is 9.80 Å². The number of hydrogen-bond donors (Lipinski definition) is 2. The van der Waals surface area contributed by atoms with E-state index in [-0.39, 0.29) is 18.4 Å². The van der Waals surface area contributed by atoms with Gasteiger partial charge in [-0.05, 0) is 76.2 Å². The molecule has 0 aromatic heterocycles. The molecule has 2 heterocycles. The number of piperidine rings is 2. The van der Waals surface area contributed by atoms with Crippen molar-refractivity contribution in [3.63, 3.8) is 0 Å². The van der Waals surface area contributed by atoms with Crippen LogP contribution < -0.4 is 15.4 Å². The number of ether oxygens (including phenoxy) is 1. The summed E-state index contributed by atoms with van der Waals surface area (Å²) >= 11 is 0. The Morgan fingerprint density at radius 2 is 1.87 bits per heavy atom. The number of aryl methyl sites for hydroxylation is 1. The molecule has 1 aromatic rings. The third-order valence-corrected chi connectivity index (χ3v) is 6.64. The molecule has 0 spiro atoms. The van der Waals surface area contributed by atoms with E-state index < -0.39 is 6.09 Å². The van der Waals surface area contributed by atoms with E-state index in [0.29, 0.717) is 23.5 Å². The van der Waals surface area contributed by atoms with Gasteiger partial charge in [-0.15, -0.1) is 12.4 Å². The van der Waals surface area contributed by atoms with Crippen LogP contribution in [0, 0.1) is 6.92 Å². The minimum Gasteiger partial charge on any atom is -0.495 e. The van der Waals surface area contributed by atoms with Gasteiger partial charge in [0.15, 0.2) is 0 Å². The van der Waals surface area contributed by atoms with Crippen LogP contribution in [0.4, 0.5) is 10.5 Å². The summed E-state index contributed by atoms with van der Waals surface area (Å²) in [5.41, 5.74) is 7.32. The molecule has 7 heteroatoms. The van der Waals surface area contributed by atoms with Crippen molar-refractivity contribution in [3.8, 4) is 5.75 Å². The fraction of sp³-hybridized carbons (Fsp3) is 0.696. The molecule has 1 aromatic carbocycles. The van der Waals surface area contributed by atoms with Crippen molar-refractivity contribution in [2.45, 2.75) is 82.8 Å². The van der Waals surface area contributed by atoms with Gasteiger partial charge < -0.3 is 15.6 Å². The lowest BCUT2D eigenvalue weighted by molar-refractivity contribution is 0.0288. The number of halogens is 1. The van der Waals surface area contributed by atoms with Crippen molar-refractivity contribution in [2.75, 3.05) is 25.1 Å². The molecule has 30 heavy (non-hydrogen) atoms. The molecule has 1 amide bonds. The van der Waals surface area contributed by atoms with E-state index in [1.165, 1.54) is 38.5 Å². The average Bonchev–Trinajstić information content (AvgIpc) is 2.68. The molecular weight excluding hydrogens is 402 g/mol. The molecule has 6 nitrogen and oxygen atoms in total. The van der Waals surface area contributed by atoms with Gasteiger partial charge in [-0.1, -0.05) is 25.3 Å². The van der Waals surface area contributed by atoms with E-state index in [9.17, 15) is 9.90 Å². The Morgan fingerprint density at radius 1 is 1.20 bits per heavy atom. The van der Waals surface area contributed by atoms with Crippen LogP contribution in [-0.4, -0.2) is 54.4 Å². The quantitative estimate of drug-likeness (QED) is 0.539. The summed E-state index contributed by atoms with van der Waals surface area (Å²) in [4.78, 5) is 16.6. The Kier molecular flexibility index (Phi) is 9.72. The molecule has 2 aliphatic heterocycles. The van der Waals surface area contributed by atoms with E-state index in [4.69, 9.17) is 10.5 Å². The molecule has 0 aliphatic carbocycles. The van der Waals surface area contributed by atoms with Crippen molar-refractivity contribution >= 4 is 24.2 Å². The molecule has 2 aliphatic rings. The van der Waals surface area contributed by atoms with Crippen molar-refractivity contribution in [1.82, 2.24) is 4.90 Å². The highest BCUT2D eigenvalue weighted by atomic mass is 35.5. The summed E-state index contributed by atoms with van der Waals surface area (Å²) < 4.78 is 5.50. The standard InChI is InChI=1S/C23H37N3O3.ClH/c1-17-10-11-22(29-2)21(14-17)26(23(27)28)20-15-18-8-7-9-19(16-20)25(18)13-6-4-3-5-12-24;/h10-11,14,18-20H,3-9,12-13,15-16,24H2,1-2H3,(H,27,28);1H. The number of unbranched alkanes of at least 4 members (excludes halogenated alkanes) is 3. The van der Waals surface area contributed by atoms with Gasteiger partial charge in [0.25, 0.3) is 0 Å². The molecule has 170 valence electrons. The molecule has 0 saturated carbocycles. The molecular formula is C23H38ClN3O3. The van der Waals surface area contributed by atoms with Crippen molar-refractivity contribution in [1.29, 1.82) is 0 Å². The first-order chi connectivity index (χ1) is 14.0. The number of rotatable bonds is 9. The third-order valence-electron chi connectivity index (χ3n) is 6.64. The second-order valence-electron chi connectivity index (χ2n) is 8.63. The summed E-state index contributed by atoms with van der Waals surface area (Å²) in [7, 11) is 1.61. The van der Waals surface area contributed by atoms with Crippen LogP contribution in [0.1, 0.15) is 63.4 Å². The number of nitrogens with zero attached hydrogens (tertiary/aromatic N) is 2. The third kappa shape index (κ3) is 5.80. The summed E-state index contributed by atoms with van der Waals surface area (Å²) in [5.74, 6) is 0.630. The monoisotopic (exact) mass is 439 g/mol. The Labute approximate surface area is 187 Å². The van der Waals surface area contributed by atoms with Crippen LogP contribution in [0.25, 0.3) is 0 Å². The maximum Gasteiger partial charge on any atom is 0.412 e. The van der Waals surface area contributed by atoms with Crippen LogP contribution in [0.15, 0.2) is 18.2 Å². The Bertz CT molecular complexity index is 674. The lowest BCUT2D eigenvalue weighted by atomic mass is 9.80. The number of nitrogens with two attached hydrogens (primary N) is 1. The average molecular weight is 440 g/mol. The van der Waals surface area contributed by atoms with Gasteiger partial charge in [-0.2, -0.15) is 0 Å². The number of methoxy groups -OCH3 is 1. The van der Waals surface area contributed by atoms with Crippen LogP contribution in [0.5, 0.6) is 5.75 Å². The van der Waals surface area contributed by atoms with Gasteiger partial charge in [-0.25, -0.2) is 4.79 Å². The normalized spacial score (nSPS) is 23.5. The van der Waals surface area contributed by atoms with Gasteiger partial charge >= 0.3 is 6.09 Å². The predicted molar refractivity (Wildman–Crippen MR) is 124 cm³/mol. The highest BCUT2D eigenvalue weighted by Gasteiger charge is 2.42. The largest absolute Gasteiger partial charge is 0.495 e. The number of carboxylic acid groups (broad SMARTS) is 1. The van der Waals surface area contributed by atoms with Crippen molar-refractivity contribution in [3.05, 3.63) is 23.8 Å². The lowest BCUT2D eigenvalue weighted by Crippen LogP contribution is -2.58. The van der Waals surface area contributed by atoms with Gasteiger partial charge in [0.2, 0.25) is 0 Å². The second kappa shape index (κ2) is 11.8. The zero-order chi connectivity index (χ0) is 20.8. The van der Waals surface area contributed by atoms with E-state index in [0.717, 1.165) is 37.9 Å². The lowest BCUT2D eigenvalue weighted by Gasteiger charge is -2.50. The summed E-state index contributed by atoms with van der Waals surface area (Å²) in [6.07, 6.45) is 9.31. The maximum absolute atomic E-state index is 12.3. The summed E-state index contributed by atoms with van der Waals surface area (Å²) in [6, 6.07) is 6.75. The maximum atomic E-state index is 12.3. The Hall–Kier alpha value is -1.50. The molecule has 2 bridgehead atoms. The summed E-state index contributed by atoms with van der Waals surface area (Å²) in [5, 5.41) is 10.1. The Balaban J connectivity index is 0.00000320. The zero-order valence-corrected chi connectivity index (χ0v) is 19.2. The number of hydrogen-bond acceptors (Lipinski definition) is 4. The fourth-order valence-electron chi connectivity index (χ4n) is 5.26. The van der Waals surface area contributed by atoms with Gasteiger partial charge in [0.1, 0.15) is 5.75 Å². The molecule has 2 atom stereocenters. The smallest absolute Gasteiger partial charge is 0.412 e.